The fourth-order valence-corrected chi connectivity index (χ4v) is 17.0. The van der Waals surface area contributed by atoms with Crippen LogP contribution in [0.15, 0.2) is 52.7 Å². The zero-order chi connectivity index (χ0) is 35.5. The monoisotopic (exact) mass is 732 g/mol. The predicted molar refractivity (Wildman–Crippen MR) is 216 cm³/mol. The molecular weight excluding hydrogens is 661 g/mol. The minimum atomic E-state index is 0.317. The van der Waals surface area contributed by atoms with E-state index in [0.717, 1.165) is 53.5 Å². The highest BCUT2D eigenvalue weighted by Crippen LogP contribution is 2.57. The average Bonchev–Trinajstić information content (AvgIpc) is 4.03. The molecule has 0 aromatic rings. The first-order chi connectivity index (χ1) is 26.6. The predicted octanol–water partition coefficient (Wildman–Crippen LogP) is 9.08. The SMILES string of the molecule is CC12CCCCC1C(C1CCCC3OC4CCCC4C31)=NC(N1C3CCCC3C3CC(C4=CC5C6CCC=CC6N(C6=CCCC=C6)C5CC4)CCC31)[NH2+]2. The lowest BCUT2D eigenvalue weighted by molar-refractivity contribution is -0.780. The molecule has 8 fully saturated rings. The normalized spacial score (nSPS) is 52.0. The van der Waals surface area contributed by atoms with Crippen molar-refractivity contribution in [1.82, 2.24) is 9.80 Å². The summed E-state index contributed by atoms with van der Waals surface area (Å²) in [6.45, 7) is 2.69. The standard InChI is InChI=1S/C49H70N4O/c1-49-27-8-7-18-39(49)47(36-17-11-22-45-46(36)35-16-10-21-44(35)54-45)50-48(51-49)53-41-20-9-15-34(41)38-29-31(24-26-43(38)53)30-23-25-42-37(28-30)33-14-5-6-19-40(33)52(42)32-12-3-2-4-13-32/h3,6,12-13,19,28,31,33-46,48,51H,2,4-5,7-11,14-18,20-27,29H2,1H3/p+1. The summed E-state index contributed by atoms with van der Waals surface area (Å²) in [5.41, 5.74) is 5.46. The largest absolute Gasteiger partial charge is 0.374 e. The van der Waals surface area contributed by atoms with Gasteiger partial charge in [-0.3, -0.25) is 0 Å². The summed E-state index contributed by atoms with van der Waals surface area (Å²) in [5, 5.41) is 2.88. The minimum Gasteiger partial charge on any atom is -0.374 e. The summed E-state index contributed by atoms with van der Waals surface area (Å²) in [5.74, 6) is 7.08. The van der Waals surface area contributed by atoms with E-state index in [1.54, 1.807) is 5.71 Å². The maximum absolute atomic E-state index is 6.88. The Kier molecular flexibility index (Phi) is 8.55. The molecule has 8 aliphatic carbocycles. The highest BCUT2D eigenvalue weighted by molar-refractivity contribution is 5.91. The highest BCUT2D eigenvalue weighted by Gasteiger charge is 2.61. The minimum absolute atomic E-state index is 0.317. The van der Waals surface area contributed by atoms with Gasteiger partial charge < -0.3 is 15.0 Å². The lowest BCUT2D eigenvalue weighted by Crippen LogP contribution is -3.06. The van der Waals surface area contributed by atoms with Gasteiger partial charge in [0.25, 0.3) is 0 Å². The third-order valence-corrected chi connectivity index (χ3v) is 19.1. The summed E-state index contributed by atoms with van der Waals surface area (Å²) in [6, 6.07) is 2.82. The van der Waals surface area contributed by atoms with Crippen LogP contribution in [0.2, 0.25) is 0 Å². The number of hydrogen-bond acceptors (Lipinski definition) is 4. The van der Waals surface area contributed by atoms with Crippen molar-refractivity contribution in [1.29, 1.82) is 0 Å². The fourth-order valence-electron chi connectivity index (χ4n) is 17.0. The van der Waals surface area contributed by atoms with E-state index < -0.39 is 0 Å². The lowest BCUT2D eigenvalue weighted by atomic mass is 9.62. The van der Waals surface area contributed by atoms with Crippen LogP contribution in [0.4, 0.5) is 0 Å². The zero-order valence-electron chi connectivity index (χ0n) is 33.6. The van der Waals surface area contributed by atoms with Gasteiger partial charge in [-0.05, 0) is 158 Å². The fraction of sp³-hybridized carbons (Fsp3) is 0.816. The summed E-state index contributed by atoms with van der Waals surface area (Å²) < 4.78 is 6.88. The molecule has 0 spiro atoms. The second-order valence-corrected chi connectivity index (χ2v) is 21.3. The Morgan fingerprint density at radius 1 is 0.759 bits per heavy atom. The number of ether oxygens (including phenoxy) is 1. The molecule has 0 aromatic carbocycles. The maximum Gasteiger partial charge on any atom is 0.240 e. The maximum atomic E-state index is 6.88. The molecule has 17 unspecified atom stereocenters. The van der Waals surface area contributed by atoms with Gasteiger partial charge in [-0.2, -0.15) is 0 Å². The number of fused-ring (bicyclic) bond motifs is 10. The molecule has 0 amide bonds. The third kappa shape index (κ3) is 5.27. The van der Waals surface area contributed by atoms with Crippen molar-refractivity contribution >= 4 is 5.71 Å². The molecule has 5 heteroatoms. The number of likely N-dealkylation sites (tertiary alicyclic amines) is 2. The van der Waals surface area contributed by atoms with Crippen LogP contribution in [0.5, 0.6) is 0 Å². The summed E-state index contributed by atoms with van der Waals surface area (Å²) >= 11 is 0. The van der Waals surface area contributed by atoms with E-state index in [1.165, 1.54) is 147 Å². The molecule has 0 aromatic heterocycles. The Balaban J connectivity index is 0.831. The van der Waals surface area contributed by atoms with Gasteiger partial charge >= 0.3 is 0 Å². The first-order valence-corrected chi connectivity index (χ1v) is 24.0. The molecule has 5 saturated carbocycles. The second kappa shape index (κ2) is 13.4. The summed E-state index contributed by atoms with van der Waals surface area (Å²) in [7, 11) is 0. The Morgan fingerprint density at radius 2 is 1.65 bits per heavy atom. The quantitative estimate of drug-likeness (QED) is 0.294. The van der Waals surface area contributed by atoms with Gasteiger partial charge in [0.2, 0.25) is 6.29 Å². The molecule has 0 radical (unpaired) electrons. The number of hydrogen-bond donors (Lipinski definition) is 1. The smallest absolute Gasteiger partial charge is 0.240 e. The van der Waals surface area contributed by atoms with Crippen molar-refractivity contribution in [3.63, 3.8) is 0 Å². The lowest BCUT2D eigenvalue weighted by Gasteiger charge is -2.51. The Labute approximate surface area is 327 Å². The zero-order valence-corrected chi connectivity index (χ0v) is 33.6. The van der Waals surface area contributed by atoms with Gasteiger partial charge in [-0.1, -0.05) is 61.6 Å². The third-order valence-electron chi connectivity index (χ3n) is 19.1. The Hall–Kier alpha value is -1.69. The van der Waals surface area contributed by atoms with Crippen molar-refractivity contribution in [2.24, 2.45) is 58.3 Å². The van der Waals surface area contributed by atoms with E-state index in [4.69, 9.17) is 9.73 Å². The molecule has 17 atom stereocenters. The van der Waals surface area contributed by atoms with Gasteiger partial charge in [-0.15, -0.1) is 0 Å². The molecule has 12 rings (SSSR count). The van der Waals surface area contributed by atoms with Crippen molar-refractivity contribution in [3.8, 4) is 0 Å². The van der Waals surface area contributed by atoms with Crippen molar-refractivity contribution in [3.05, 3.63) is 47.7 Å². The van der Waals surface area contributed by atoms with Crippen LogP contribution in [-0.4, -0.2) is 63.7 Å². The molecule has 54 heavy (non-hydrogen) atoms. The first-order valence-electron chi connectivity index (χ1n) is 24.0. The van der Waals surface area contributed by atoms with Crippen LogP contribution in [0, 0.1) is 53.3 Å². The molecule has 2 N–H and O–H groups in total. The van der Waals surface area contributed by atoms with Gasteiger partial charge in [-0.25, -0.2) is 9.89 Å². The number of aliphatic imine (C=N–C) groups is 1. The van der Waals surface area contributed by atoms with Gasteiger partial charge in [0.05, 0.1) is 24.2 Å². The van der Waals surface area contributed by atoms with Crippen molar-refractivity contribution in [2.45, 2.75) is 196 Å². The van der Waals surface area contributed by atoms with Gasteiger partial charge in [0, 0.05) is 47.8 Å². The van der Waals surface area contributed by atoms with E-state index in [1.807, 2.05) is 5.57 Å². The van der Waals surface area contributed by atoms with Crippen LogP contribution in [0.1, 0.15) is 148 Å². The van der Waals surface area contributed by atoms with E-state index in [-0.39, 0.29) is 0 Å². The van der Waals surface area contributed by atoms with Gasteiger partial charge in [0.1, 0.15) is 5.54 Å². The van der Waals surface area contributed by atoms with E-state index >= 15 is 0 Å². The van der Waals surface area contributed by atoms with Crippen LogP contribution in [-0.2, 0) is 4.74 Å². The molecule has 4 aliphatic heterocycles. The van der Waals surface area contributed by atoms with Crippen LogP contribution >= 0.6 is 0 Å². The summed E-state index contributed by atoms with van der Waals surface area (Å²) in [4.78, 5) is 12.2. The van der Waals surface area contributed by atoms with Crippen LogP contribution in [0.25, 0.3) is 0 Å². The summed E-state index contributed by atoms with van der Waals surface area (Å²) in [6.07, 6.45) is 47.1. The number of rotatable bonds is 4. The molecule has 5 nitrogen and oxygen atoms in total. The second-order valence-electron chi connectivity index (χ2n) is 21.3. The molecule has 3 saturated heterocycles. The number of nitrogens with zero attached hydrogens (tertiary/aromatic N) is 3. The van der Waals surface area contributed by atoms with Crippen LogP contribution < -0.4 is 5.32 Å². The topological polar surface area (TPSA) is 44.7 Å². The molecule has 4 heterocycles. The molecule has 292 valence electrons. The van der Waals surface area contributed by atoms with E-state index in [0.29, 0.717) is 48.0 Å². The Bertz CT molecular complexity index is 1630. The number of allylic oxidation sites excluding steroid dienone is 5. The van der Waals surface area contributed by atoms with E-state index in [9.17, 15) is 0 Å². The average molecular weight is 732 g/mol. The molecule has 12 aliphatic rings. The Morgan fingerprint density at radius 3 is 2.59 bits per heavy atom. The van der Waals surface area contributed by atoms with Gasteiger partial charge in [0.15, 0.2) is 0 Å². The first kappa shape index (κ1) is 34.4. The van der Waals surface area contributed by atoms with E-state index in [2.05, 4.69) is 58.5 Å². The highest BCUT2D eigenvalue weighted by atomic mass is 16.5. The van der Waals surface area contributed by atoms with Crippen LogP contribution in [0.3, 0.4) is 0 Å². The molecular formula is C49H71N4O+. The van der Waals surface area contributed by atoms with Crippen molar-refractivity contribution < 1.29 is 10.1 Å². The molecule has 0 bridgehead atoms. The number of quaternary nitrogens is 1. The van der Waals surface area contributed by atoms with Crippen molar-refractivity contribution in [2.75, 3.05) is 0 Å². The number of nitrogens with two attached hydrogens (primary N) is 1.